The molecule has 0 aromatic heterocycles. The van der Waals surface area contributed by atoms with E-state index in [2.05, 4.69) is 4.74 Å². The van der Waals surface area contributed by atoms with E-state index >= 15 is 0 Å². The number of hydrogen-bond acceptors (Lipinski definition) is 2. The van der Waals surface area contributed by atoms with Crippen molar-refractivity contribution >= 4 is 12.4 Å². The number of halogens is 3. The van der Waals surface area contributed by atoms with Gasteiger partial charge in [0.2, 0.25) is 6.29 Å². The molecule has 0 saturated carbocycles. The summed E-state index contributed by atoms with van der Waals surface area (Å²) in [6.07, 6.45) is -0.298. The summed E-state index contributed by atoms with van der Waals surface area (Å²) < 4.78 is 39.8. The molecule has 16 heavy (non-hydrogen) atoms. The number of benzene rings is 1. The molecule has 0 unspecified atom stereocenters. The van der Waals surface area contributed by atoms with Crippen molar-refractivity contribution in [3.8, 4) is 5.75 Å². The lowest BCUT2D eigenvalue weighted by Gasteiger charge is -2.10. The van der Waals surface area contributed by atoms with Crippen molar-refractivity contribution in [2.45, 2.75) is 12.8 Å². The van der Waals surface area contributed by atoms with Crippen molar-refractivity contribution in [2.24, 2.45) is 0 Å². The first-order chi connectivity index (χ1) is 7.53. The fraction of sp³-hybridized carbons (Fsp3) is 0.182. The fourth-order valence-corrected chi connectivity index (χ4v) is 1.07. The molecule has 1 rings (SSSR count). The van der Waals surface area contributed by atoms with Crippen LogP contribution in [-0.4, -0.2) is 12.6 Å². The summed E-state index contributed by atoms with van der Waals surface area (Å²) in [6.45, 7) is 0. The molecule has 2 nitrogen and oxygen atoms in total. The minimum Gasteiger partial charge on any atom is -0.405 e. The van der Waals surface area contributed by atoms with E-state index in [1.54, 1.807) is 12.4 Å². The largest absolute Gasteiger partial charge is 0.573 e. The number of allylic oxidation sites excluding steroid dienone is 1. The van der Waals surface area contributed by atoms with Gasteiger partial charge < -0.3 is 4.74 Å². The van der Waals surface area contributed by atoms with Gasteiger partial charge in [0, 0.05) is 12.0 Å². The van der Waals surface area contributed by atoms with Crippen LogP contribution >= 0.6 is 0 Å². The Morgan fingerprint density at radius 2 is 2.00 bits per heavy atom. The third-order valence-electron chi connectivity index (χ3n) is 1.64. The van der Waals surface area contributed by atoms with Crippen LogP contribution in [0.1, 0.15) is 12.0 Å². The van der Waals surface area contributed by atoms with Gasteiger partial charge in [-0.15, -0.1) is 13.2 Å². The molecule has 0 N–H and O–H groups in total. The number of ether oxygens (including phenoxy) is 1. The molecule has 1 aromatic carbocycles. The van der Waals surface area contributed by atoms with Crippen LogP contribution in [-0.2, 0) is 4.79 Å². The Labute approximate surface area is 90.3 Å². The first-order valence-corrected chi connectivity index (χ1v) is 4.39. The molecular weight excluding hydrogens is 221 g/mol. The molecule has 0 aliphatic heterocycles. The summed E-state index contributed by atoms with van der Waals surface area (Å²) in [5, 5.41) is 0. The quantitative estimate of drug-likeness (QED) is 0.792. The minimum atomic E-state index is -4.72. The van der Waals surface area contributed by atoms with Crippen LogP contribution in [0.25, 0.3) is 6.08 Å². The van der Waals surface area contributed by atoms with Gasteiger partial charge in [-0.25, -0.2) is 0 Å². The number of carbonyl (C=O) groups excluding carboxylic acids is 1. The van der Waals surface area contributed by atoms with Gasteiger partial charge in [-0.3, -0.25) is 4.79 Å². The molecule has 0 fully saturated rings. The van der Waals surface area contributed by atoms with Gasteiger partial charge in [0.1, 0.15) is 5.75 Å². The summed E-state index contributed by atoms with van der Waals surface area (Å²) >= 11 is 0. The third-order valence-corrected chi connectivity index (χ3v) is 1.64. The SMILES string of the molecule is O=[C]C/C=C/c1ccccc1OC(F)(F)F. The summed E-state index contributed by atoms with van der Waals surface area (Å²) in [5.74, 6) is -0.294. The summed E-state index contributed by atoms with van der Waals surface area (Å²) in [6, 6.07) is 5.68. The van der Waals surface area contributed by atoms with E-state index in [0.717, 1.165) is 0 Å². The van der Waals surface area contributed by atoms with Crippen LogP contribution in [0.2, 0.25) is 0 Å². The first-order valence-electron chi connectivity index (χ1n) is 4.39. The standard InChI is InChI=1S/C11H8F3O2/c12-11(13,14)16-10-7-2-1-5-9(10)6-3-4-8-15/h1-3,5-7H,4H2/b6-3+. The van der Waals surface area contributed by atoms with E-state index in [-0.39, 0.29) is 17.7 Å². The van der Waals surface area contributed by atoms with Crippen molar-refractivity contribution in [1.82, 2.24) is 0 Å². The minimum absolute atomic E-state index is 0.0281. The normalized spacial score (nSPS) is 11.7. The lowest BCUT2D eigenvalue weighted by Crippen LogP contribution is -2.17. The fourth-order valence-electron chi connectivity index (χ4n) is 1.07. The molecule has 0 aliphatic rings. The number of para-hydroxylation sites is 1. The summed E-state index contributed by atoms with van der Waals surface area (Å²) in [4.78, 5) is 9.92. The van der Waals surface area contributed by atoms with E-state index in [1.807, 2.05) is 0 Å². The Bertz CT molecular complexity index is 383. The second kappa shape index (κ2) is 5.34. The monoisotopic (exact) mass is 229 g/mol. The molecule has 1 aromatic rings. The predicted octanol–water partition coefficient (Wildman–Crippen LogP) is 3.10. The van der Waals surface area contributed by atoms with E-state index in [1.165, 1.54) is 30.4 Å². The molecule has 0 spiro atoms. The van der Waals surface area contributed by atoms with E-state index in [4.69, 9.17) is 0 Å². The topological polar surface area (TPSA) is 26.3 Å². The predicted molar refractivity (Wildman–Crippen MR) is 52.5 cm³/mol. The van der Waals surface area contributed by atoms with E-state index in [0.29, 0.717) is 0 Å². The van der Waals surface area contributed by atoms with Gasteiger partial charge in [-0.2, -0.15) is 0 Å². The average Bonchev–Trinajstić information content (AvgIpc) is 2.19. The molecular formula is C11H8F3O2. The van der Waals surface area contributed by atoms with Gasteiger partial charge >= 0.3 is 6.36 Å². The Morgan fingerprint density at radius 3 is 2.62 bits per heavy atom. The van der Waals surface area contributed by atoms with Crippen LogP contribution in [0.3, 0.4) is 0 Å². The van der Waals surface area contributed by atoms with Crippen molar-refractivity contribution < 1.29 is 22.7 Å². The Balaban J connectivity index is 2.87. The highest BCUT2D eigenvalue weighted by Crippen LogP contribution is 2.26. The van der Waals surface area contributed by atoms with Gasteiger partial charge in [0.05, 0.1) is 0 Å². The highest BCUT2D eigenvalue weighted by Gasteiger charge is 2.31. The molecule has 0 atom stereocenters. The molecule has 0 heterocycles. The van der Waals surface area contributed by atoms with E-state index < -0.39 is 6.36 Å². The maximum atomic E-state index is 12.0. The number of hydrogen-bond donors (Lipinski definition) is 0. The molecule has 0 amide bonds. The molecule has 5 heteroatoms. The molecule has 1 radical (unpaired) electrons. The van der Waals surface area contributed by atoms with Gasteiger partial charge in [0.25, 0.3) is 0 Å². The maximum absolute atomic E-state index is 12.0. The Morgan fingerprint density at radius 1 is 1.31 bits per heavy atom. The van der Waals surface area contributed by atoms with Crippen molar-refractivity contribution in [2.75, 3.05) is 0 Å². The highest BCUT2D eigenvalue weighted by atomic mass is 19.4. The van der Waals surface area contributed by atoms with Crippen molar-refractivity contribution in [3.05, 3.63) is 35.9 Å². The van der Waals surface area contributed by atoms with Crippen LogP contribution in [0.5, 0.6) is 5.75 Å². The lowest BCUT2D eigenvalue weighted by molar-refractivity contribution is -0.274. The maximum Gasteiger partial charge on any atom is 0.573 e. The second-order valence-corrected chi connectivity index (χ2v) is 2.84. The van der Waals surface area contributed by atoms with Crippen molar-refractivity contribution in [3.63, 3.8) is 0 Å². The van der Waals surface area contributed by atoms with Gasteiger partial charge in [0.15, 0.2) is 0 Å². The highest BCUT2D eigenvalue weighted by molar-refractivity contribution is 5.61. The average molecular weight is 229 g/mol. The molecule has 0 aliphatic carbocycles. The van der Waals surface area contributed by atoms with Crippen LogP contribution < -0.4 is 4.74 Å². The van der Waals surface area contributed by atoms with Crippen LogP contribution in [0.4, 0.5) is 13.2 Å². The zero-order valence-electron chi connectivity index (χ0n) is 8.12. The third kappa shape index (κ3) is 4.16. The lowest BCUT2D eigenvalue weighted by atomic mass is 10.2. The second-order valence-electron chi connectivity index (χ2n) is 2.84. The van der Waals surface area contributed by atoms with Crippen molar-refractivity contribution in [1.29, 1.82) is 0 Å². The smallest absolute Gasteiger partial charge is 0.405 e. The van der Waals surface area contributed by atoms with Gasteiger partial charge in [-0.1, -0.05) is 30.4 Å². The first kappa shape index (κ1) is 12.3. The van der Waals surface area contributed by atoms with Crippen LogP contribution in [0, 0.1) is 0 Å². The Hall–Kier alpha value is -1.78. The molecule has 85 valence electrons. The van der Waals surface area contributed by atoms with Crippen LogP contribution in [0.15, 0.2) is 30.3 Å². The summed E-state index contributed by atoms with van der Waals surface area (Å²) in [5.41, 5.74) is 0.259. The zero-order chi connectivity index (χ0) is 12.0. The van der Waals surface area contributed by atoms with Gasteiger partial charge in [-0.05, 0) is 6.07 Å². The Kier molecular flexibility index (Phi) is 4.10. The zero-order valence-corrected chi connectivity index (χ0v) is 8.12. The summed E-state index contributed by atoms with van der Waals surface area (Å²) in [7, 11) is 0. The van der Waals surface area contributed by atoms with E-state index in [9.17, 15) is 18.0 Å². The molecule has 0 saturated heterocycles. The number of rotatable bonds is 4. The molecule has 0 bridgehead atoms. The number of alkyl halides is 3.